The van der Waals surface area contributed by atoms with Crippen molar-refractivity contribution in [2.24, 2.45) is 0 Å². The molecule has 1 unspecified atom stereocenters. The molecule has 4 heteroatoms. The van der Waals surface area contributed by atoms with E-state index in [9.17, 15) is 9.90 Å². The topological polar surface area (TPSA) is 46.5 Å². The molecule has 0 aromatic heterocycles. The normalized spacial score (nSPS) is 12.0. The van der Waals surface area contributed by atoms with E-state index in [2.05, 4.69) is 24.3 Å². The van der Waals surface area contributed by atoms with Crippen LogP contribution in [0.1, 0.15) is 23.1 Å². The Morgan fingerprint density at radius 1 is 0.966 bits per heavy atom. The summed E-state index contributed by atoms with van der Waals surface area (Å²) in [6.45, 7) is 0. The summed E-state index contributed by atoms with van der Waals surface area (Å²) in [6.07, 6.45) is 4.97. The van der Waals surface area contributed by atoms with Gasteiger partial charge in [0.15, 0.2) is 0 Å². The maximum absolute atomic E-state index is 11.4. The van der Waals surface area contributed by atoms with Crippen molar-refractivity contribution in [3.63, 3.8) is 0 Å². The van der Waals surface area contributed by atoms with Gasteiger partial charge in [-0.05, 0) is 41.3 Å². The lowest BCUT2D eigenvalue weighted by atomic mass is 10.1. The van der Waals surface area contributed by atoms with E-state index in [-0.39, 0.29) is 11.7 Å². The van der Waals surface area contributed by atoms with Crippen LogP contribution in [0.2, 0.25) is 0 Å². The summed E-state index contributed by atoms with van der Waals surface area (Å²) in [7, 11) is 1.65. The van der Waals surface area contributed by atoms with Gasteiger partial charge in [-0.15, -0.1) is 11.8 Å². The van der Waals surface area contributed by atoms with Gasteiger partial charge in [0.2, 0.25) is 0 Å². The first-order valence-electron chi connectivity index (χ1n) is 9.47. The number of aliphatic carboxylic acids is 1. The van der Waals surface area contributed by atoms with Crippen molar-refractivity contribution in [3.8, 4) is 5.75 Å². The van der Waals surface area contributed by atoms with Crippen LogP contribution < -0.4 is 4.74 Å². The number of carboxylic acid groups (broad SMARTS) is 1. The minimum absolute atomic E-state index is 0.0366. The second kappa shape index (κ2) is 10.5. The van der Waals surface area contributed by atoms with Gasteiger partial charge in [0.05, 0.1) is 13.5 Å². The molecular formula is C25H24O3S. The highest BCUT2D eigenvalue weighted by Crippen LogP contribution is 2.32. The fourth-order valence-electron chi connectivity index (χ4n) is 3.03. The third-order valence-electron chi connectivity index (χ3n) is 4.49. The molecule has 0 aliphatic heterocycles. The van der Waals surface area contributed by atoms with Gasteiger partial charge in [-0.2, -0.15) is 0 Å². The monoisotopic (exact) mass is 404 g/mol. The Morgan fingerprint density at radius 2 is 1.66 bits per heavy atom. The molecule has 0 radical (unpaired) electrons. The van der Waals surface area contributed by atoms with E-state index >= 15 is 0 Å². The molecule has 0 heterocycles. The molecule has 3 aromatic carbocycles. The van der Waals surface area contributed by atoms with E-state index < -0.39 is 5.97 Å². The molecule has 0 saturated heterocycles. The highest BCUT2D eigenvalue weighted by atomic mass is 32.2. The summed E-state index contributed by atoms with van der Waals surface area (Å²) in [5.74, 6) is 0.0558. The Morgan fingerprint density at radius 3 is 2.34 bits per heavy atom. The Balaban J connectivity index is 1.77. The molecule has 1 atom stereocenters. The summed E-state index contributed by atoms with van der Waals surface area (Å²) in [6, 6.07) is 26.0. The summed E-state index contributed by atoms with van der Waals surface area (Å²) < 4.78 is 5.20. The predicted molar refractivity (Wildman–Crippen MR) is 120 cm³/mol. The lowest BCUT2D eigenvalue weighted by Crippen LogP contribution is -2.13. The first-order valence-corrected chi connectivity index (χ1v) is 10.4. The molecule has 0 spiro atoms. The van der Waals surface area contributed by atoms with Crippen LogP contribution in [-0.2, 0) is 11.2 Å². The highest BCUT2D eigenvalue weighted by Gasteiger charge is 2.16. The SMILES string of the molecule is COc1ccc(C=Cc2ccccc2SC(CC(=O)O)Cc2ccccc2)cc1. The smallest absolute Gasteiger partial charge is 0.304 e. The number of thioether (sulfide) groups is 1. The standard InChI is InChI=1S/C25H24O3S/c1-28-22-15-12-19(13-16-22)11-14-21-9-5-6-10-24(21)29-23(18-25(26)27)17-20-7-3-2-4-8-20/h2-16,23H,17-18H2,1H3,(H,26,27). The zero-order valence-electron chi connectivity index (χ0n) is 16.3. The summed E-state index contributed by atoms with van der Waals surface area (Å²) >= 11 is 1.63. The molecular weight excluding hydrogens is 380 g/mol. The van der Waals surface area contributed by atoms with Crippen molar-refractivity contribution in [3.05, 3.63) is 95.6 Å². The van der Waals surface area contributed by atoms with Gasteiger partial charge in [-0.1, -0.05) is 72.8 Å². The van der Waals surface area contributed by atoms with E-state index in [0.29, 0.717) is 6.42 Å². The molecule has 0 aliphatic carbocycles. The Kier molecular flexibility index (Phi) is 7.54. The molecule has 3 nitrogen and oxygen atoms in total. The van der Waals surface area contributed by atoms with E-state index in [1.807, 2.05) is 66.7 Å². The number of ether oxygens (including phenoxy) is 1. The van der Waals surface area contributed by atoms with Crippen molar-refractivity contribution in [2.45, 2.75) is 23.0 Å². The van der Waals surface area contributed by atoms with Gasteiger partial charge in [-0.25, -0.2) is 0 Å². The third-order valence-corrected chi connectivity index (χ3v) is 5.78. The van der Waals surface area contributed by atoms with E-state index in [0.717, 1.165) is 27.3 Å². The molecule has 1 N–H and O–H groups in total. The maximum atomic E-state index is 11.4. The number of carbonyl (C=O) groups is 1. The fraction of sp³-hybridized carbons (Fsp3) is 0.160. The molecule has 3 aromatic rings. The van der Waals surface area contributed by atoms with Crippen LogP contribution >= 0.6 is 11.8 Å². The molecule has 0 aliphatic rings. The lowest BCUT2D eigenvalue weighted by molar-refractivity contribution is -0.136. The van der Waals surface area contributed by atoms with Crippen LogP contribution in [0.15, 0.2) is 83.8 Å². The summed E-state index contributed by atoms with van der Waals surface area (Å²) in [5, 5.41) is 9.33. The minimum Gasteiger partial charge on any atom is -0.497 e. The summed E-state index contributed by atoms with van der Waals surface area (Å²) in [5.41, 5.74) is 3.31. The number of rotatable bonds is 9. The lowest BCUT2D eigenvalue weighted by Gasteiger charge is -2.16. The highest BCUT2D eigenvalue weighted by molar-refractivity contribution is 8.00. The number of hydrogen-bond donors (Lipinski definition) is 1. The average molecular weight is 405 g/mol. The Bertz CT molecular complexity index is 949. The van der Waals surface area contributed by atoms with Crippen LogP contribution in [0.4, 0.5) is 0 Å². The van der Waals surface area contributed by atoms with Crippen molar-refractivity contribution in [2.75, 3.05) is 7.11 Å². The largest absolute Gasteiger partial charge is 0.497 e. The Labute approximate surface area is 176 Å². The molecule has 29 heavy (non-hydrogen) atoms. The van der Waals surface area contributed by atoms with E-state index in [1.165, 1.54) is 0 Å². The summed E-state index contributed by atoms with van der Waals surface area (Å²) in [4.78, 5) is 12.5. The number of benzene rings is 3. The third kappa shape index (κ3) is 6.54. The van der Waals surface area contributed by atoms with E-state index in [4.69, 9.17) is 4.74 Å². The van der Waals surface area contributed by atoms with Gasteiger partial charge in [-0.3, -0.25) is 4.79 Å². The molecule has 0 fully saturated rings. The van der Waals surface area contributed by atoms with Crippen LogP contribution in [0.25, 0.3) is 12.2 Å². The second-order valence-corrected chi connectivity index (χ2v) is 8.01. The first-order chi connectivity index (χ1) is 14.1. The van der Waals surface area contributed by atoms with Crippen molar-refractivity contribution < 1.29 is 14.6 Å². The van der Waals surface area contributed by atoms with Gasteiger partial charge in [0.25, 0.3) is 0 Å². The van der Waals surface area contributed by atoms with Crippen LogP contribution in [-0.4, -0.2) is 23.4 Å². The zero-order chi connectivity index (χ0) is 20.5. The Hall–Kier alpha value is -2.98. The predicted octanol–water partition coefficient (Wildman–Crippen LogP) is 6.04. The number of hydrogen-bond acceptors (Lipinski definition) is 3. The van der Waals surface area contributed by atoms with Crippen LogP contribution in [0.5, 0.6) is 5.75 Å². The number of methoxy groups -OCH3 is 1. The first kappa shape index (κ1) is 20.7. The quantitative estimate of drug-likeness (QED) is 0.349. The molecule has 0 bridgehead atoms. The van der Waals surface area contributed by atoms with Crippen LogP contribution in [0.3, 0.4) is 0 Å². The molecule has 148 valence electrons. The molecule has 0 amide bonds. The van der Waals surface area contributed by atoms with Crippen molar-refractivity contribution in [1.82, 2.24) is 0 Å². The van der Waals surface area contributed by atoms with Gasteiger partial charge >= 0.3 is 5.97 Å². The zero-order valence-corrected chi connectivity index (χ0v) is 17.1. The van der Waals surface area contributed by atoms with Gasteiger partial charge < -0.3 is 9.84 Å². The van der Waals surface area contributed by atoms with Crippen molar-refractivity contribution >= 4 is 29.9 Å². The van der Waals surface area contributed by atoms with Gasteiger partial charge in [0.1, 0.15) is 5.75 Å². The second-order valence-electron chi connectivity index (χ2n) is 6.67. The van der Waals surface area contributed by atoms with Crippen LogP contribution in [0, 0.1) is 0 Å². The number of carboxylic acids is 1. The molecule has 3 rings (SSSR count). The van der Waals surface area contributed by atoms with Crippen molar-refractivity contribution in [1.29, 1.82) is 0 Å². The maximum Gasteiger partial charge on any atom is 0.304 e. The fourth-order valence-corrected chi connectivity index (χ4v) is 4.32. The minimum atomic E-state index is -0.773. The average Bonchev–Trinajstić information content (AvgIpc) is 2.74. The van der Waals surface area contributed by atoms with E-state index in [1.54, 1.807) is 18.9 Å². The van der Waals surface area contributed by atoms with Gasteiger partial charge in [0, 0.05) is 10.1 Å². The molecule has 0 saturated carbocycles.